The van der Waals surface area contributed by atoms with Crippen LogP contribution in [-0.2, 0) is 0 Å². The SMILES string of the molecule is c1ccc(-c2nc3c(-c4ccc(-c5cccc6[nH]c(-c7ccccn7)nc56)cc4)cccc3[nH]2)nc1. The minimum absolute atomic E-state index is 0.767. The third kappa shape index (κ3) is 3.44. The number of benzene rings is 3. The van der Waals surface area contributed by atoms with Gasteiger partial charge >= 0.3 is 0 Å². The largest absolute Gasteiger partial charge is 0.337 e. The Morgan fingerprint density at radius 3 is 1.33 bits per heavy atom. The van der Waals surface area contributed by atoms with Gasteiger partial charge in [0.1, 0.15) is 11.4 Å². The van der Waals surface area contributed by atoms with Gasteiger partial charge in [0.15, 0.2) is 11.6 Å². The molecule has 0 aliphatic carbocycles. The van der Waals surface area contributed by atoms with Gasteiger partial charge in [0.25, 0.3) is 0 Å². The Balaban J connectivity index is 1.28. The molecule has 0 aliphatic rings. The van der Waals surface area contributed by atoms with Gasteiger partial charge in [-0.1, -0.05) is 60.7 Å². The van der Waals surface area contributed by atoms with Crippen molar-refractivity contribution < 1.29 is 0 Å². The molecule has 0 aliphatic heterocycles. The maximum absolute atomic E-state index is 4.87. The van der Waals surface area contributed by atoms with Crippen LogP contribution in [0, 0.1) is 0 Å². The minimum Gasteiger partial charge on any atom is -0.337 e. The molecule has 0 radical (unpaired) electrons. The summed E-state index contributed by atoms with van der Waals surface area (Å²) in [6.07, 6.45) is 3.56. The topological polar surface area (TPSA) is 83.1 Å². The summed E-state index contributed by atoms with van der Waals surface area (Å²) in [6, 6.07) is 32.6. The van der Waals surface area contributed by atoms with Gasteiger partial charge in [-0.25, -0.2) is 9.97 Å². The van der Waals surface area contributed by atoms with Gasteiger partial charge in [-0.3, -0.25) is 9.97 Å². The molecule has 2 N–H and O–H groups in total. The third-order valence-electron chi connectivity index (χ3n) is 6.35. The summed E-state index contributed by atoms with van der Waals surface area (Å²) in [5, 5.41) is 0. The van der Waals surface area contributed by atoms with Crippen LogP contribution in [0.4, 0.5) is 0 Å². The van der Waals surface area contributed by atoms with Crippen molar-refractivity contribution in [2.45, 2.75) is 0 Å². The number of para-hydroxylation sites is 2. The molecule has 7 aromatic rings. The van der Waals surface area contributed by atoms with Gasteiger partial charge in [-0.2, -0.15) is 0 Å². The molecule has 0 saturated heterocycles. The summed E-state index contributed by atoms with van der Waals surface area (Å²) in [7, 11) is 0. The Bertz CT molecular complexity index is 1680. The molecule has 6 heteroatoms. The number of hydrogen-bond donors (Lipinski definition) is 2. The maximum atomic E-state index is 4.87. The van der Waals surface area contributed by atoms with E-state index in [4.69, 9.17) is 9.97 Å². The van der Waals surface area contributed by atoms with Gasteiger partial charge in [-0.15, -0.1) is 0 Å². The van der Waals surface area contributed by atoms with E-state index in [2.05, 4.69) is 68.5 Å². The Morgan fingerprint density at radius 1 is 0.444 bits per heavy atom. The molecule has 6 nitrogen and oxygen atoms in total. The molecule has 0 spiro atoms. The number of imidazole rings is 2. The molecule has 3 aromatic carbocycles. The summed E-state index contributed by atoms with van der Waals surface area (Å²) < 4.78 is 0. The zero-order valence-corrected chi connectivity index (χ0v) is 19.2. The Kier molecular flexibility index (Phi) is 4.67. The summed E-state index contributed by atoms with van der Waals surface area (Å²) in [4.78, 5) is 25.4. The van der Waals surface area contributed by atoms with E-state index in [-0.39, 0.29) is 0 Å². The molecule has 0 amide bonds. The monoisotopic (exact) mass is 464 g/mol. The quantitative estimate of drug-likeness (QED) is 0.297. The lowest BCUT2D eigenvalue weighted by Crippen LogP contribution is -1.85. The smallest absolute Gasteiger partial charge is 0.157 e. The first-order valence-corrected chi connectivity index (χ1v) is 11.7. The first kappa shape index (κ1) is 20.3. The molecule has 4 aromatic heterocycles. The fourth-order valence-electron chi connectivity index (χ4n) is 4.61. The van der Waals surface area contributed by atoms with E-state index in [1.165, 1.54) is 0 Å². The van der Waals surface area contributed by atoms with Crippen molar-refractivity contribution in [3.8, 4) is 45.3 Å². The Hall–Kier alpha value is -5.10. The molecule has 0 saturated carbocycles. The maximum Gasteiger partial charge on any atom is 0.157 e. The van der Waals surface area contributed by atoms with E-state index < -0.39 is 0 Å². The molecule has 7 rings (SSSR count). The zero-order valence-electron chi connectivity index (χ0n) is 19.2. The highest BCUT2D eigenvalue weighted by molar-refractivity contribution is 5.96. The average molecular weight is 465 g/mol. The number of nitrogens with one attached hydrogen (secondary N) is 2. The Morgan fingerprint density at radius 2 is 0.917 bits per heavy atom. The van der Waals surface area contributed by atoms with Crippen molar-refractivity contribution in [2.75, 3.05) is 0 Å². The zero-order chi connectivity index (χ0) is 23.9. The van der Waals surface area contributed by atoms with E-state index in [1.807, 2.05) is 48.5 Å². The molecule has 170 valence electrons. The van der Waals surface area contributed by atoms with E-state index in [9.17, 15) is 0 Å². The Labute approximate surface area is 206 Å². The highest BCUT2D eigenvalue weighted by Crippen LogP contribution is 2.33. The number of aromatic nitrogens is 6. The van der Waals surface area contributed by atoms with Crippen molar-refractivity contribution in [1.29, 1.82) is 0 Å². The number of fused-ring (bicyclic) bond motifs is 2. The molecule has 4 heterocycles. The molecule has 0 unspecified atom stereocenters. The minimum atomic E-state index is 0.767. The van der Waals surface area contributed by atoms with Gasteiger partial charge in [0, 0.05) is 23.5 Å². The molecule has 0 bridgehead atoms. The van der Waals surface area contributed by atoms with Crippen molar-refractivity contribution >= 4 is 22.1 Å². The predicted molar refractivity (Wildman–Crippen MR) is 143 cm³/mol. The van der Waals surface area contributed by atoms with E-state index >= 15 is 0 Å². The standard InChI is InChI=1S/C30H20N6/c1-3-17-31-25(9-1)29-33-23-11-5-7-21(27(23)35-29)19-13-15-20(16-14-19)22-8-6-12-24-28(22)36-30(34-24)26-10-2-4-18-32-26/h1-18H,(H,33,35)(H,34,36). The van der Waals surface area contributed by atoms with Crippen molar-refractivity contribution in [3.63, 3.8) is 0 Å². The normalized spacial score (nSPS) is 11.3. The summed E-state index contributed by atoms with van der Waals surface area (Å²) >= 11 is 0. The second kappa shape index (κ2) is 8.29. The average Bonchev–Trinajstić information content (AvgIpc) is 3.59. The van der Waals surface area contributed by atoms with Gasteiger partial charge in [0.05, 0.1) is 22.1 Å². The predicted octanol–water partition coefficient (Wildman–Crippen LogP) is 6.90. The molecular weight excluding hydrogens is 444 g/mol. The number of nitrogens with zero attached hydrogens (tertiary/aromatic N) is 4. The van der Waals surface area contributed by atoms with Crippen LogP contribution in [0.3, 0.4) is 0 Å². The lowest BCUT2D eigenvalue weighted by atomic mass is 9.99. The molecule has 0 atom stereocenters. The molecular formula is C30H20N6. The summed E-state index contributed by atoms with van der Waals surface area (Å²) in [6.45, 7) is 0. The second-order valence-corrected chi connectivity index (χ2v) is 8.58. The van der Waals surface area contributed by atoms with E-state index in [0.717, 1.165) is 67.4 Å². The van der Waals surface area contributed by atoms with Crippen LogP contribution in [0.5, 0.6) is 0 Å². The van der Waals surface area contributed by atoms with Crippen molar-refractivity contribution in [1.82, 2.24) is 29.9 Å². The van der Waals surface area contributed by atoms with Crippen LogP contribution < -0.4 is 0 Å². The fraction of sp³-hybridized carbons (Fsp3) is 0. The fourth-order valence-corrected chi connectivity index (χ4v) is 4.61. The van der Waals surface area contributed by atoms with Crippen molar-refractivity contribution in [2.24, 2.45) is 0 Å². The molecule has 36 heavy (non-hydrogen) atoms. The number of H-pyrrole nitrogens is 2. The number of hydrogen-bond acceptors (Lipinski definition) is 4. The number of pyridine rings is 2. The summed E-state index contributed by atoms with van der Waals surface area (Å²) in [5.41, 5.74) is 9.85. The second-order valence-electron chi connectivity index (χ2n) is 8.58. The number of rotatable bonds is 4. The van der Waals surface area contributed by atoms with Crippen LogP contribution in [-0.4, -0.2) is 29.9 Å². The van der Waals surface area contributed by atoms with Gasteiger partial charge in [-0.05, 0) is 47.5 Å². The number of aromatic amines is 2. The summed E-state index contributed by atoms with van der Waals surface area (Å²) in [5.74, 6) is 1.53. The van der Waals surface area contributed by atoms with E-state index in [1.54, 1.807) is 12.4 Å². The lowest BCUT2D eigenvalue weighted by Gasteiger charge is -2.06. The van der Waals surface area contributed by atoms with Crippen molar-refractivity contribution in [3.05, 3.63) is 109 Å². The van der Waals surface area contributed by atoms with Crippen LogP contribution in [0.15, 0.2) is 109 Å². The first-order valence-electron chi connectivity index (χ1n) is 11.7. The van der Waals surface area contributed by atoms with Crippen LogP contribution >= 0.6 is 0 Å². The first-order chi connectivity index (χ1) is 17.8. The van der Waals surface area contributed by atoms with Gasteiger partial charge < -0.3 is 9.97 Å². The molecule has 0 fully saturated rings. The van der Waals surface area contributed by atoms with Gasteiger partial charge in [0.2, 0.25) is 0 Å². The highest BCUT2D eigenvalue weighted by Gasteiger charge is 2.13. The van der Waals surface area contributed by atoms with Crippen LogP contribution in [0.25, 0.3) is 67.4 Å². The van der Waals surface area contributed by atoms with E-state index in [0.29, 0.717) is 0 Å². The lowest BCUT2D eigenvalue weighted by molar-refractivity contribution is 1.24. The van der Waals surface area contributed by atoms with Crippen LogP contribution in [0.1, 0.15) is 0 Å². The third-order valence-corrected chi connectivity index (χ3v) is 6.35. The van der Waals surface area contributed by atoms with Crippen LogP contribution in [0.2, 0.25) is 0 Å². The highest BCUT2D eigenvalue weighted by atomic mass is 15.0.